The van der Waals surface area contributed by atoms with E-state index in [-0.39, 0.29) is 23.9 Å². The topological polar surface area (TPSA) is 70.8 Å². The summed E-state index contributed by atoms with van der Waals surface area (Å²) >= 11 is 0. The number of rotatable bonds is 3. The molecule has 0 bridgehead atoms. The third-order valence-corrected chi connectivity index (χ3v) is 2.74. The van der Waals surface area contributed by atoms with Crippen LogP contribution in [0.3, 0.4) is 0 Å². The molecule has 5 nitrogen and oxygen atoms in total. The SMILES string of the molecule is C[C@H](Oc1cc(F)nc(C#N)n1)[C@@H]1CCCN1. The van der Waals surface area contributed by atoms with E-state index >= 15 is 0 Å². The monoisotopic (exact) mass is 236 g/mol. The number of nitriles is 1. The summed E-state index contributed by atoms with van der Waals surface area (Å²) in [4.78, 5) is 7.12. The Kier molecular flexibility index (Phi) is 3.49. The summed E-state index contributed by atoms with van der Waals surface area (Å²) < 4.78 is 18.6. The summed E-state index contributed by atoms with van der Waals surface area (Å²) in [6, 6.07) is 3.03. The lowest BCUT2D eigenvalue weighted by Gasteiger charge is -2.20. The molecule has 0 saturated carbocycles. The van der Waals surface area contributed by atoms with Crippen molar-refractivity contribution in [2.75, 3.05) is 6.54 Å². The molecule has 6 heteroatoms. The van der Waals surface area contributed by atoms with Gasteiger partial charge in [0.25, 0.3) is 0 Å². The van der Waals surface area contributed by atoms with E-state index in [9.17, 15) is 4.39 Å². The van der Waals surface area contributed by atoms with Crippen molar-refractivity contribution in [3.05, 3.63) is 17.8 Å². The number of halogens is 1. The lowest BCUT2D eigenvalue weighted by atomic mass is 10.1. The number of nitrogens with zero attached hydrogens (tertiary/aromatic N) is 3. The highest BCUT2D eigenvalue weighted by atomic mass is 19.1. The second-order valence-electron chi connectivity index (χ2n) is 3.99. The van der Waals surface area contributed by atoms with Gasteiger partial charge in [-0.3, -0.25) is 0 Å². The number of nitrogens with one attached hydrogen (secondary N) is 1. The van der Waals surface area contributed by atoms with E-state index in [2.05, 4.69) is 15.3 Å². The van der Waals surface area contributed by atoms with Crippen molar-refractivity contribution in [1.29, 1.82) is 5.26 Å². The standard InChI is InChI=1S/C11H13FN4O/c1-7(8-3-2-4-14-8)17-11-5-9(12)15-10(6-13)16-11/h5,7-8,14H,2-4H2,1H3/t7-,8-/m0/s1. The third kappa shape index (κ3) is 2.88. The fourth-order valence-corrected chi connectivity index (χ4v) is 1.89. The molecule has 1 saturated heterocycles. The molecule has 1 N–H and O–H groups in total. The van der Waals surface area contributed by atoms with E-state index < -0.39 is 5.95 Å². The Labute approximate surface area is 98.6 Å². The van der Waals surface area contributed by atoms with Gasteiger partial charge in [0.2, 0.25) is 17.7 Å². The van der Waals surface area contributed by atoms with Crippen LogP contribution in [0, 0.1) is 17.3 Å². The molecule has 1 aromatic rings. The molecular weight excluding hydrogens is 223 g/mol. The molecular formula is C11H13FN4O. The van der Waals surface area contributed by atoms with Crippen LogP contribution in [0.25, 0.3) is 0 Å². The summed E-state index contributed by atoms with van der Waals surface area (Å²) in [5.74, 6) is -0.861. The van der Waals surface area contributed by atoms with Gasteiger partial charge in [0.1, 0.15) is 12.2 Å². The molecule has 0 radical (unpaired) electrons. The summed E-state index contributed by atoms with van der Waals surface area (Å²) in [7, 11) is 0. The van der Waals surface area contributed by atoms with Crippen molar-refractivity contribution in [2.24, 2.45) is 0 Å². The van der Waals surface area contributed by atoms with E-state index in [1.54, 1.807) is 6.07 Å². The maximum Gasteiger partial charge on any atom is 0.238 e. The summed E-state index contributed by atoms with van der Waals surface area (Å²) in [5, 5.41) is 11.9. The minimum absolute atomic E-state index is 0.107. The van der Waals surface area contributed by atoms with Gasteiger partial charge in [-0.05, 0) is 26.3 Å². The highest BCUT2D eigenvalue weighted by Crippen LogP contribution is 2.16. The van der Waals surface area contributed by atoms with Gasteiger partial charge >= 0.3 is 0 Å². The molecule has 2 heterocycles. The number of ether oxygens (including phenoxy) is 1. The Hall–Kier alpha value is -1.74. The first-order chi connectivity index (χ1) is 8.19. The molecule has 0 aromatic carbocycles. The van der Waals surface area contributed by atoms with Gasteiger partial charge in [-0.25, -0.2) is 0 Å². The van der Waals surface area contributed by atoms with Crippen LogP contribution in [0.15, 0.2) is 6.07 Å². The lowest BCUT2D eigenvalue weighted by molar-refractivity contribution is 0.171. The first-order valence-corrected chi connectivity index (χ1v) is 5.54. The molecule has 0 unspecified atom stereocenters. The van der Waals surface area contributed by atoms with Crippen molar-refractivity contribution in [1.82, 2.24) is 15.3 Å². The number of aromatic nitrogens is 2. The van der Waals surface area contributed by atoms with Crippen molar-refractivity contribution in [3.8, 4) is 11.9 Å². The van der Waals surface area contributed by atoms with Gasteiger partial charge in [0.05, 0.1) is 6.07 Å². The first-order valence-electron chi connectivity index (χ1n) is 5.54. The summed E-state index contributed by atoms with van der Waals surface area (Å²) in [6.07, 6.45) is 2.03. The second kappa shape index (κ2) is 5.06. The molecule has 0 amide bonds. The zero-order valence-corrected chi connectivity index (χ0v) is 9.48. The van der Waals surface area contributed by atoms with Crippen LogP contribution in [0.4, 0.5) is 4.39 Å². The average molecular weight is 236 g/mol. The van der Waals surface area contributed by atoms with Crippen LogP contribution in [0.2, 0.25) is 0 Å². The van der Waals surface area contributed by atoms with Gasteiger partial charge in [0, 0.05) is 6.04 Å². The molecule has 2 rings (SSSR count). The normalized spacial score (nSPS) is 20.9. The minimum atomic E-state index is -0.752. The smallest absolute Gasteiger partial charge is 0.238 e. The zero-order valence-electron chi connectivity index (χ0n) is 9.48. The first kappa shape index (κ1) is 11.7. The highest BCUT2D eigenvalue weighted by Gasteiger charge is 2.22. The Morgan fingerprint density at radius 2 is 2.47 bits per heavy atom. The molecule has 1 aliphatic heterocycles. The second-order valence-corrected chi connectivity index (χ2v) is 3.99. The molecule has 0 spiro atoms. The van der Waals surface area contributed by atoms with E-state index in [4.69, 9.17) is 10.00 Å². The Morgan fingerprint density at radius 3 is 3.12 bits per heavy atom. The van der Waals surface area contributed by atoms with E-state index in [0.29, 0.717) is 0 Å². The molecule has 90 valence electrons. The fraction of sp³-hybridized carbons (Fsp3) is 0.545. The van der Waals surface area contributed by atoms with Crippen LogP contribution in [0.1, 0.15) is 25.6 Å². The summed E-state index contributed by atoms with van der Waals surface area (Å²) in [6.45, 7) is 2.87. The fourth-order valence-electron chi connectivity index (χ4n) is 1.89. The molecule has 1 fully saturated rings. The number of hydrogen-bond acceptors (Lipinski definition) is 5. The van der Waals surface area contributed by atoms with Crippen LogP contribution >= 0.6 is 0 Å². The lowest BCUT2D eigenvalue weighted by Crippen LogP contribution is -2.36. The molecule has 0 aliphatic carbocycles. The molecule has 1 aliphatic rings. The van der Waals surface area contributed by atoms with Gasteiger partial charge < -0.3 is 10.1 Å². The van der Waals surface area contributed by atoms with E-state index in [1.807, 2.05) is 6.92 Å². The van der Waals surface area contributed by atoms with Gasteiger partial charge in [-0.2, -0.15) is 19.6 Å². The van der Waals surface area contributed by atoms with Crippen LogP contribution < -0.4 is 10.1 Å². The largest absolute Gasteiger partial charge is 0.473 e. The quantitative estimate of drug-likeness (QED) is 0.793. The van der Waals surface area contributed by atoms with E-state index in [0.717, 1.165) is 25.5 Å². The van der Waals surface area contributed by atoms with Crippen LogP contribution in [-0.2, 0) is 0 Å². The maximum atomic E-state index is 13.0. The van der Waals surface area contributed by atoms with Crippen molar-refractivity contribution >= 4 is 0 Å². The zero-order chi connectivity index (χ0) is 12.3. The molecule has 17 heavy (non-hydrogen) atoms. The van der Waals surface area contributed by atoms with Gasteiger partial charge in [-0.1, -0.05) is 0 Å². The molecule has 1 aromatic heterocycles. The number of hydrogen-bond donors (Lipinski definition) is 1. The Bertz CT molecular complexity index is 440. The van der Waals surface area contributed by atoms with Crippen LogP contribution in [0.5, 0.6) is 5.88 Å². The van der Waals surface area contributed by atoms with Crippen molar-refractivity contribution in [2.45, 2.75) is 31.9 Å². The van der Waals surface area contributed by atoms with Gasteiger partial charge in [0.15, 0.2) is 0 Å². The predicted octanol–water partition coefficient (Wildman–Crippen LogP) is 1.01. The van der Waals surface area contributed by atoms with Crippen LogP contribution in [-0.4, -0.2) is 28.7 Å². The Balaban J connectivity index is 2.07. The maximum absolute atomic E-state index is 13.0. The van der Waals surface area contributed by atoms with Crippen molar-refractivity contribution < 1.29 is 9.13 Å². The highest BCUT2D eigenvalue weighted by molar-refractivity contribution is 5.17. The Morgan fingerprint density at radius 1 is 1.65 bits per heavy atom. The van der Waals surface area contributed by atoms with E-state index in [1.165, 1.54) is 0 Å². The summed E-state index contributed by atoms with van der Waals surface area (Å²) in [5.41, 5.74) is 0. The predicted molar refractivity (Wildman–Crippen MR) is 57.8 cm³/mol. The third-order valence-electron chi connectivity index (χ3n) is 2.74. The molecule has 2 atom stereocenters. The van der Waals surface area contributed by atoms with Gasteiger partial charge in [-0.15, -0.1) is 0 Å². The minimum Gasteiger partial charge on any atom is -0.473 e. The average Bonchev–Trinajstić information content (AvgIpc) is 2.81. The van der Waals surface area contributed by atoms with Crippen molar-refractivity contribution in [3.63, 3.8) is 0 Å².